The van der Waals surface area contributed by atoms with E-state index in [1.165, 1.54) is 12.1 Å². The van der Waals surface area contributed by atoms with Gasteiger partial charge in [-0.05, 0) is 31.0 Å². The molecule has 2 aromatic rings. The molecule has 5 heteroatoms. The van der Waals surface area contributed by atoms with E-state index in [2.05, 4.69) is 9.97 Å². The Balaban J connectivity index is 1.62. The summed E-state index contributed by atoms with van der Waals surface area (Å²) in [6.07, 6.45) is 2.98. The highest BCUT2D eigenvalue weighted by Crippen LogP contribution is 2.25. The Kier molecular flexibility index (Phi) is 3.73. The van der Waals surface area contributed by atoms with E-state index in [1.807, 2.05) is 18.0 Å². The second-order valence-electron chi connectivity index (χ2n) is 5.58. The Labute approximate surface area is 123 Å². The lowest BCUT2D eigenvalue weighted by atomic mass is 10.1. The first kappa shape index (κ1) is 13.8. The van der Waals surface area contributed by atoms with Gasteiger partial charge < -0.3 is 9.88 Å². The molecule has 1 saturated heterocycles. The van der Waals surface area contributed by atoms with Crippen LogP contribution in [0.25, 0.3) is 0 Å². The second kappa shape index (κ2) is 5.68. The molecule has 110 valence electrons. The fourth-order valence-electron chi connectivity index (χ4n) is 2.78. The number of hydrogen-bond donors (Lipinski definition) is 1. The van der Waals surface area contributed by atoms with Crippen molar-refractivity contribution >= 4 is 5.91 Å². The summed E-state index contributed by atoms with van der Waals surface area (Å²) < 4.78 is 13.1. The van der Waals surface area contributed by atoms with Gasteiger partial charge in [-0.2, -0.15) is 0 Å². The Bertz CT molecular complexity index is 652. The molecule has 0 radical (unpaired) electrons. The number of nitrogens with one attached hydrogen (secondary N) is 1. The normalized spacial score (nSPS) is 18.2. The maximum absolute atomic E-state index is 13.1. The average molecular weight is 287 g/mol. The van der Waals surface area contributed by atoms with Crippen molar-refractivity contribution in [3.05, 3.63) is 53.4 Å². The smallest absolute Gasteiger partial charge is 0.227 e. The van der Waals surface area contributed by atoms with Crippen LogP contribution in [0.15, 0.2) is 30.5 Å². The second-order valence-corrected chi connectivity index (χ2v) is 5.58. The molecule has 0 saturated carbocycles. The SMILES string of the molecule is Cc1cnc(C2CCN(C(=O)Cc3cccc(F)c3)C2)[nH]1. The van der Waals surface area contributed by atoms with Gasteiger partial charge in [0.15, 0.2) is 0 Å². The molecule has 0 spiro atoms. The number of likely N-dealkylation sites (tertiary alicyclic amines) is 1. The monoisotopic (exact) mass is 287 g/mol. The third-order valence-corrected chi connectivity index (χ3v) is 3.89. The van der Waals surface area contributed by atoms with Crippen molar-refractivity contribution in [3.63, 3.8) is 0 Å². The molecule has 1 atom stereocenters. The fourth-order valence-corrected chi connectivity index (χ4v) is 2.78. The number of aromatic nitrogens is 2. The summed E-state index contributed by atoms with van der Waals surface area (Å²) in [4.78, 5) is 21.7. The molecule has 1 aliphatic rings. The van der Waals surface area contributed by atoms with Gasteiger partial charge in [-0.25, -0.2) is 9.37 Å². The Morgan fingerprint density at radius 2 is 2.38 bits per heavy atom. The van der Waals surface area contributed by atoms with Gasteiger partial charge in [0.25, 0.3) is 0 Å². The summed E-state index contributed by atoms with van der Waals surface area (Å²) >= 11 is 0. The van der Waals surface area contributed by atoms with Gasteiger partial charge in [-0.1, -0.05) is 12.1 Å². The van der Waals surface area contributed by atoms with Crippen LogP contribution >= 0.6 is 0 Å². The molecule has 1 unspecified atom stereocenters. The molecule has 3 rings (SSSR count). The maximum atomic E-state index is 13.1. The van der Waals surface area contributed by atoms with Crippen molar-refractivity contribution in [2.75, 3.05) is 13.1 Å². The van der Waals surface area contributed by atoms with Crippen LogP contribution in [0.4, 0.5) is 4.39 Å². The molecule has 1 N–H and O–H groups in total. The number of amides is 1. The lowest BCUT2D eigenvalue weighted by Crippen LogP contribution is -2.30. The van der Waals surface area contributed by atoms with Crippen molar-refractivity contribution in [2.24, 2.45) is 0 Å². The highest BCUT2D eigenvalue weighted by Gasteiger charge is 2.28. The number of aryl methyl sites for hydroxylation is 1. The number of aromatic amines is 1. The van der Waals surface area contributed by atoms with Crippen LogP contribution in [0, 0.1) is 12.7 Å². The van der Waals surface area contributed by atoms with Crippen LogP contribution in [-0.4, -0.2) is 33.9 Å². The van der Waals surface area contributed by atoms with Gasteiger partial charge in [0, 0.05) is 30.9 Å². The van der Waals surface area contributed by atoms with E-state index in [9.17, 15) is 9.18 Å². The Hall–Kier alpha value is -2.17. The van der Waals surface area contributed by atoms with E-state index in [4.69, 9.17) is 0 Å². The quantitative estimate of drug-likeness (QED) is 0.942. The summed E-state index contributed by atoms with van der Waals surface area (Å²) in [7, 11) is 0. The minimum absolute atomic E-state index is 0.0476. The number of carbonyl (C=O) groups is 1. The van der Waals surface area contributed by atoms with Crippen molar-refractivity contribution in [3.8, 4) is 0 Å². The lowest BCUT2D eigenvalue weighted by Gasteiger charge is -2.16. The molecule has 0 aliphatic carbocycles. The molecule has 4 nitrogen and oxygen atoms in total. The predicted octanol–water partition coefficient (Wildman–Crippen LogP) is 2.42. The Morgan fingerprint density at radius 1 is 1.52 bits per heavy atom. The molecule has 1 aromatic carbocycles. The number of nitrogens with zero attached hydrogens (tertiary/aromatic N) is 2. The number of H-pyrrole nitrogens is 1. The molecular weight excluding hydrogens is 269 g/mol. The van der Waals surface area contributed by atoms with Gasteiger partial charge >= 0.3 is 0 Å². The molecule has 21 heavy (non-hydrogen) atoms. The van der Waals surface area contributed by atoms with E-state index in [1.54, 1.807) is 12.1 Å². The van der Waals surface area contributed by atoms with Crippen LogP contribution < -0.4 is 0 Å². The van der Waals surface area contributed by atoms with E-state index in [0.717, 1.165) is 30.0 Å². The standard InChI is InChI=1S/C16H18FN3O/c1-11-9-18-16(19-11)13-5-6-20(10-13)15(21)8-12-3-2-4-14(17)7-12/h2-4,7,9,13H,5-6,8,10H2,1H3,(H,18,19). The van der Waals surface area contributed by atoms with E-state index < -0.39 is 0 Å². The topological polar surface area (TPSA) is 49.0 Å². The van der Waals surface area contributed by atoms with E-state index in [-0.39, 0.29) is 24.1 Å². The molecular formula is C16H18FN3O. The summed E-state index contributed by atoms with van der Waals surface area (Å²) in [6.45, 7) is 3.39. The minimum Gasteiger partial charge on any atom is -0.346 e. The van der Waals surface area contributed by atoms with Gasteiger partial charge in [-0.15, -0.1) is 0 Å². The molecule has 2 heterocycles. The molecule has 1 fully saturated rings. The van der Waals surface area contributed by atoms with Gasteiger partial charge in [-0.3, -0.25) is 4.79 Å². The summed E-state index contributed by atoms with van der Waals surface area (Å²) in [5.41, 5.74) is 1.76. The zero-order valence-electron chi connectivity index (χ0n) is 12.0. The van der Waals surface area contributed by atoms with Crippen molar-refractivity contribution in [1.29, 1.82) is 0 Å². The summed E-state index contributed by atoms with van der Waals surface area (Å²) in [5, 5.41) is 0. The zero-order chi connectivity index (χ0) is 14.8. The lowest BCUT2D eigenvalue weighted by molar-refractivity contribution is -0.129. The first-order valence-electron chi connectivity index (χ1n) is 7.15. The average Bonchev–Trinajstić information content (AvgIpc) is 3.07. The first-order valence-corrected chi connectivity index (χ1v) is 7.15. The largest absolute Gasteiger partial charge is 0.346 e. The number of halogens is 1. The third kappa shape index (κ3) is 3.12. The van der Waals surface area contributed by atoms with Crippen LogP contribution in [-0.2, 0) is 11.2 Å². The van der Waals surface area contributed by atoms with Gasteiger partial charge in [0.2, 0.25) is 5.91 Å². The number of hydrogen-bond acceptors (Lipinski definition) is 2. The molecule has 1 amide bonds. The van der Waals surface area contributed by atoms with Crippen LogP contribution in [0.1, 0.15) is 29.4 Å². The highest BCUT2D eigenvalue weighted by molar-refractivity contribution is 5.79. The fraction of sp³-hybridized carbons (Fsp3) is 0.375. The molecule has 1 aromatic heterocycles. The third-order valence-electron chi connectivity index (χ3n) is 3.89. The Morgan fingerprint density at radius 3 is 3.10 bits per heavy atom. The molecule has 1 aliphatic heterocycles. The number of imidazole rings is 1. The zero-order valence-corrected chi connectivity index (χ0v) is 12.0. The predicted molar refractivity (Wildman–Crippen MR) is 77.4 cm³/mol. The number of carbonyl (C=O) groups excluding carboxylic acids is 1. The van der Waals surface area contributed by atoms with Crippen molar-refractivity contribution < 1.29 is 9.18 Å². The van der Waals surface area contributed by atoms with Gasteiger partial charge in [0.1, 0.15) is 11.6 Å². The van der Waals surface area contributed by atoms with Crippen molar-refractivity contribution in [1.82, 2.24) is 14.9 Å². The number of rotatable bonds is 3. The van der Waals surface area contributed by atoms with Crippen LogP contribution in [0.5, 0.6) is 0 Å². The van der Waals surface area contributed by atoms with Crippen LogP contribution in [0.3, 0.4) is 0 Å². The van der Waals surface area contributed by atoms with E-state index in [0.29, 0.717) is 6.54 Å². The van der Waals surface area contributed by atoms with Gasteiger partial charge in [0.05, 0.1) is 6.42 Å². The van der Waals surface area contributed by atoms with Crippen LogP contribution in [0.2, 0.25) is 0 Å². The first-order chi connectivity index (χ1) is 10.1. The van der Waals surface area contributed by atoms with Crippen molar-refractivity contribution in [2.45, 2.75) is 25.7 Å². The summed E-state index contributed by atoms with van der Waals surface area (Å²) in [6, 6.07) is 6.22. The molecule has 0 bridgehead atoms. The summed E-state index contributed by atoms with van der Waals surface area (Å²) in [5.74, 6) is 0.973. The minimum atomic E-state index is -0.300. The maximum Gasteiger partial charge on any atom is 0.227 e. The number of benzene rings is 1. The highest BCUT2D eigenvalue weighted by atomic mass is 19.1. The van der Waals surface area contributed by atoms with E-state index >= 15 is 0 Å².